The molecule has 0 radical (unpaired) electrons. The van der Waals surface area contributed by atoms with Crippen molar-refractivity contribution in [2.24, 2.45) is 11.1 Å². The van der Waals surface area contributed by atoms with Crippen molar-refractivity contribution in [2.75, 3.05) is 26.8 Å². The van der Waals surface area contributed by atoms with Gasteiger partial charge in [0.05, 0.1) is 24.4 Å². The van der Waals surface area contributed by atoms with Gasteiger partial charge in [0, 0.05) is 30.1 Å². The fourth-order valence-corrected chi connectivity index (χ4v) is 4.27. The topological polar surface area (TPSA) is 67.2 Å². The second kappa shape index (κ2) is 7.82. The molecule has 27 heavy (non-hydrogen) atoms. The van der Waals surface area contributed by atoms with Gasteiger partial charge in [0.25, 0.3) is 0 Å². The largest absolute Gasteiger partial charge is 0.497 e. The van der Waals surface area contributed by atoms with Crippen molar-refractivity contribution in [3.05, 3.63) is 36.0 Å². The molecule has 2 aromatic rings. The molecule has 144 valence electrons. The lowest BCUT2D eigenvalue weighted by molar-refractivity contribution is 0.00988. The van der Waals surface area contributed by atoms with Gasteiger partial charge in [-0.1, -0.05) is 12.1 Å². The zero-order valence-electron chi connectivity index (χ0n) is 16.0. The van der Waals surface area contributed by atoms with Gasteiger partial charge in [-0.2, -0.15) is 0 Å². The van der Waals surface area contributed by atoms with Gasteiger partial charge in [0.15, 0.2) is 0 Å². The van der Waals surface area contributed by atoms with Crippen molar-refractivity contribution < 1.29 is 14.7 Å². The molecule has 3 aliphatic heterocycles. The molecule has 2 bridgehead atoms. The molecule has 4 atom stereocenters. The van der Waals surface area contributed by atoms with E-state index in [9.17, 15) is 5.11 Å². The lowest BCUT2D eigenvalue weighted by atomic mass is 9.78. The molecule has 5 rings (SSSR count). The molecule has 3 aliphatic rings. The molecule has 0 saturated carbocycles. The van der Waals surface area contributed by atoms with Crippen molar-refractivity contribution in [3.8, 4) is 5.75 Å². The summed E-state index contributed by atoms with van der Waals surface area (Å²) in [6, 6.07) is 7.81. The molecule has 0 aliphatic carbocycles. The maximum Gasteiger partial charge on any atom is 0.119 e. The fraction of sp³-hybridized carbons (Fsp3) is 0.524. The van der Waals surface area contributed by atoms with Gasteiger partial charge in [0.2, 0.25) is 0 Å². The zero-order valence-corrected chi connectivity index (χ0v) is 16.0. The molecule has 6 heteroatoms. The Hall–Kier alpha value is -2.18. The first-order valence-electron chi connectivity index (χ1n) is 9.74. The van der Waals surface area contributed by atoms with E-state index in [-0.39, 0.29) is 6.04 Å². The summed E-state index contributed by atoms with van der Waals surface area (Å²) in [6.07, 6.45) is 4.16. The predicted molar refractivity (Wildman–Crippen MR) is 105 cm³/mol. The number of aromatic nitrogens is 1. The summed E-state index contributed by atoms with van der Waals surface area (Å²) < 4.78 is 5.36. The molecule has 4 heterocycles. The number of rotatable bonds is 6. The van der Waals surface area contributed by atoms with Gasteiger partial charge in [0.1, 0.15) is 12.4 Å². The third kappa shape index (κ3) is 3.51. The number of ether oxygens (including phenoxy) is 1. The predicted octanol–water partition coefficient (Wildman–Crippen LogP) is 3.15. The Labute approximate surface area is 159 Å². The van der Waals surface area contributed by atoms with Gasteiger partial charge < -0.3 is 14.7 Å². The molecule has 3 saturated heterocycles. The van der Waals surface area contributed by atoms with Crippen molar-refractivity contribution in [1.29, 1.82) is 0 Å². The van der Waals surface area contributed by atoms with E-state index in [2.05, 4.69) is 22.0 Å². The molecular weight excluding hydrogens is 342 g/mol. The molecule has 1 unspecified atom stereocenters. The third-order valence-electron chi connectivity index (χ3n) is 5.74. The highest BCUT2D eigenvalue weighted by Crippen LogP contribution is 2.38. The SMILES string of the molecule is CCCO/N=C1/CN2CC[C@H]1C[C@H]2[C@H](O)c1ccnc2ccc(OC)cc12. The van der Waals surface area contributed by atoms with Crippen LogP contribution in [0, 0.1) is 5.92 Å². The number of oxime groups is 1. The van der Waals surface area contributed by atoms with Gasteiger partial charge in [-0.25, -0.2) is 0 Å². The third-order valence-corrected chi connectivity index (χ3v) is 5.74. The standard InChI is InChI=1S/C21H27N3O3/c1-3-10-27-23-19-13-24-9-7-14(19)11-20(24)21(25)16-6-8-22-18-5-4-15(26-2)12-17(16)18/h4-6,8,12,14,20-21,25H,3,7,9-11,13H2,1-2H3/b23-19-/t14-,20-,21+/m0/s1. The monoisotopic (exact) mass is 369 g/mol. The Bertz CT molecular complexity index is 839. The van der Waals surface area contributed by atoms with E-state index >= 15 is 0 Å². The zero-order chi connectivity index (χ0) is 18.8. The van der Waals surface area contributed by atoms with E-state index in [4.69, 9.17) is 9.57 Å². The van der Waals surface area contributed by atoms with Crippen LogP contribution in [0.5, 0.6) is 5.75 Å². The first kappa shape index (κ1) is 18.2. The number of hydrogen-bond acceptors (Lipinski definition) is 6. The summed E-state index contributed by atoms with van der Waals surface area (Å²) in [7, 11) is 1.65. The Morgan fingerprint density at radius 1 is 1.37 bits per heavy atom. The van der Waals surface area contributed by atoms with Crippen molar-refractivity contribution >= 4 is 16.6 Å². The fourth-order valence-electron chi connectivity index (χ4n) is 4.27. The Morgan fingerprint density at radius 3 is 3.00 bits per heavy atom. The number of nitrogens with zero attached hydrogens (tertiary/aromatic N) is 3. The average Bonchev–Trinajstić information content (AvgIpc) is 2.73. The Morgan fingerprint density at radius 2 is 2.26 bits per heavy atom. The number of piperidine rings is 3. The summed E-state index contributed by atoms with van der Waals surface area (Å²) >= 11 is 0. The number of hydrogen-bond donors (Lipinski definition) is 1. The normalized spacial score (nSPS) is 27.1. The van der Waals surface area contributed by atoms with Gasteiger partial charge >= 0.3 is 0 Å². The number of aliphatic hydroxyl groups is 1. The second-order valence-corrected chi connectivity index (χ2v) is 7.40. The van der Waals surface area contributed by atoms with Gasteiger partial charge in [-0.3, -0.25) is 9.88 Å². The molecule has 3 fully saturated rings. The first-order valence-corrected chi connectivity index (χ1v) is 9.74. The lowest BCUT2D eigenvalue weighted by Gasteiger charge is -2.47. The average molecular weight is 369 g/mol. The minimum Gasteiger partial charge on any atom is -0.497 e. The van der Waals surface area contributed by atoms with E-state index in [1.807, 2.05) is 24.3 Å². The van der Waals surface area contributed by atoms with Crippen molar-refractivity contribution in [2.45, 2.75) is 38.3 Å². The quantitative estimate of drug-likeness (QED) is 0.626. The molecule has 0 amide bonds. The maximum atomic E-state index is 11.2. The highest BCUT2D eigenvalue weighted by Gasteiger charge is 2.42. The summed E-state index contributed by atoms with van der Waals surface area (Å²) in [5, 5.41) is 16.6. The summed E-state index contributed by atoms with van der Waals surface area (Å²) in [6.45, 7) is 4.51. The van der Waals surface area contributed by atoms with E-state index in [1.54, 1.807) is 13.3 Å². The number of pyridine rings is 1. The lowest BCUT2D eigenvalue weighted by Crippen LogP contribution is -2.55. The minimum absolute atomic E-state index is 0.0886. The van der Waals surface area contributed by atoms with Crippen LogP contribution in [0.15, 0.2) is 35.6 Å². The summed E-state index contributed by atoms with van der Waals surface area (Å²) in [5.41, 5.74) is 2.91. The number of methoxy groups -OCH3 is 1. The highest BCUT2D eigenvalue weighted by molar-refractivity contribution is 5.90. The van der Waals surface area contributed by atoms with Crippen LogP contribution in [0.3, 0.4) is 0 Å². The highest BCUT2D eigenvalue weighted by atomic mass is 16.6. The van der Waals surface area contributed by atoms with E-state index in [1.165, 1.54) is 0 Å². The molecule has 0 spiro atoms. The second-order valence-electron chi connectivity index (χ2n) is 7.40. The van der Waals surface area contributed by atoms with Crippen LogP contribution in [0.4, 0.5) is 0 Å². The number of aliphatic hydroxyl groups excluding tert-OH is 1. The first-order chi connectivity index (χ1) is 13.2. The minimum atomic E-state index is -0.566. The van der Waals surface area contributed by atoms with Crippen LogP contribution < -0.4 is 4.74 Å². The van der Waals surface area contributed by atoms with Crippen LogP contribution in [-0.2, 0) is 4.84 Å². The summed E-state index contributed by atoms with van der Waals surface area (Å²) in [4.78, 5) is 12.2. The van der Waals surface area contributed by atoms with Gasteiger partial charge in [-0.05, 0) is 55.6 Å². The summed E-state index contributed by atoms with van der Waals surface area (Å²) in [5.74, 6) is 1.17. The van der Waals surface area contributed by atoms with Crippen molar-refractivity contribution in [1.82, 2.24) is 9.88 Å². The molecule has 6 nitrogen and oxygen atoms in total. The van der Waals surface area contributed by atoms with Crippen LogP contribution in [-0.4, -0.2) is 53.6 Å². The molecule has 1 aromatic carbocycles. The molecular formula is C21H27N3O3. The van der Waals surface area contributed by atoms with Crippen LogP contribution >= 0.6 is 0 Å². The van der Waals surface area contributed by atoms with E-state index in [0.29, 0.717) is 12.5 Å². The van der Waals surface area contributed by atoms with Crippen molar-refractivity contribution in [3.63, 3.8) is 0 Å². The number of benzene rings is 1. The molecule has 1 N–H and O–H groups in total. The van der Waals surface area contributed by atoms with Gasteiger partial charge in [-0.15, -0.1) is 0 Å². The van der Waals surface area contributed by atoms with Crippen LogP contribution in [0.2, 0.25) is 0 Å². The van der Waals surface area contributed by atoms with E-state index < -0.39 is 6.10 Å². The Balaban J connectivity index is 1.58. The smallest absolute Gasteiger partial charge is 0.119 e. The van der Waals surface area contributed by atoms with Crippen LogP contribution in [0.1, 0.15) is 37.9 Å². The molecule has 1 aromatic heterocycles. The van der Waals surface area contributed by atoms with Crippen LogP contribution in [0.25, 0.3) is 10.9 Å². The maximum absolute atomic E-state index is 11.2. The number of fused-ring (bicyclic) bond motifs is 4. The van der Waals surface area contributed by atoms with E-state index in [0.717, 1.165) is 60.3 Å². The Kier molecular flexibility index (Phi) is 5.27.